The Morgan fingerprint density at radius 3 is 2.10 bits per heavy atom. The van der Waals surface area contributed by atoms with Crippen LogP contribution in [0.25, 0.3) is 22.0 Å². The van der Waals surface area contributed by atoms with Crippen molar-refractivity contribution in [3.8, 4) is 11.3 Å². The Labute approximate surface area is 182 Å². The number of piperazine rings is 1. The van der Waals surface area contributed by atoms with E-state index in [2.05, 4.69) is 58.4 Å². The summed E-state index contributed by atoms with van der Waals surface area (Å²) in [6.45, 7) is 4.90. The molecule has 0 atom stereocenters. The van der Waals surface area contributed by atoms with Crippen LogP contribution in [0.3, 0.4) is 0 Å². The summed E-state index contributed by atoms with van der Waals surface area (Å²) >= 11 is 0. The van der Waals surface area contributed by atoms with Gasteiger partial charge in [-0.05, 0) is 19.1 Å². The van der Waals surface area contributed by atoms with Gasteiger partial charge in [-0.1, -0.05) is 72.3 Å². The zero-order valence-corrected chi connectivity index (χ0v) is 17.5. The fourth-order valence-corrected chi connectivity index (χ4v) is 4.13. The summed E-state index contributed by atoms with van der Waals surface area (Å²) in [6, 6.07) is 26.2. The highest BCUT2D eigenvalue weighted by molar-refractivity contribution is 6.00. The van der Waals surface area contributed by atoms with E-state index in [-0.39, 0.29) is 5.91 Å². The van der Waals surface area contributed by atoms with Crippen LogP contribution < -0.4 is 4.90 Å². The minimum Gasteiger partial charge on any atom is -0.351 e. The third-order valence-corrected chi connectivity index (χ3v) is 5.88. The fraction of sp³-hybridized carbons (Fsp3) is 0.192. The van der Waals surface area contributed by atoms with Crippen molar-refractivity contribution >= 4 is 22.5 Å². The highest BCUT2D eigenvalue weighted by Crippen LogP contribution is 2.32. The second-order valence-electron chi connectivity index (χ2n) is 7.93. The van der Waals surface area contributed by atoms with Crippen molar-refractivity contribution in [2.45, 2.75) is 6.92 Å². The first kappa shape index (κ1) is 19.2. The summed E-state index contributed by atoms with van der Waals surface area (Å²) in [5.74, 6) is 0.976. The van der Waals surface area contributed by atoms with Gasteiger partial charge >= 0.3 is 0 Å². The van der Waals surface area contributed by atoms with Crippen molar-refractivity contribution < 1.29 is 4.79 Å². The molecule has 5 rings (SSSR count). The van der Waals surface area contributed by atoms with Gasteiger partial charge in [0, 0.05) is 48.1 Å². The first-order valence-corrected chi connectivity index (χ1v) is 10.6. The van der Waals surface area contributed by atoms with E-state index in [1.165, 1.54) is 5.56 Å². The smallest absolute Gasteiger partial charge is 0.253 e. The van der Waals surface area contributed by atoms with Crippen molar-refractivity contribution in [2.24, 2.45) is 0 Å². The van der Waals surface area contributed by atoms with Crippen molar-refractivity contribution in [3.63, 3.8) is 0 Å². The molecule has 1 aromatic heterocycles. The highest BCUT2D eigenvalue weighted by Gasteiger charge is 2.24. The monoisotopic (exact) mass is 408 g/mol. The molecule has 1 saturated heterocycles. The van der Waals surface area contributed by atoms with Crippen molar-refractivity contribution in [1.82, 2.24) is 15.1 Å². The van der Waals surface area contributed by atoms with E-state index >= 15 is 0 Å². The molecule has 0 radical (unpaired) electrons. The van der Waals surface area contributed by atoms with Gasteiger partial charge in [-0.2, -0.15) is 0 Å². The third-order valence-electron chi connectivity index (χ3n) is 5.88. The van der Waals surface area contributed by atoms with E-state index in [4.69, 9.17) is 0 Å². The Balaban J connectivity index is 1.41. The summed E-state index contributed by atoms with van der Waals surface area (Å²) in [5.41, 5.74) is 3.93. The van der Waals surface area contributed by atoms with Gasteiger partial charge in [-0.3, -0.25) is 4.79 Å². The molecular formula is C26H24N4O. The van der Waals surface area contributed by atoms with Gasteiger partial charge < -0.3 is 9.80 Å². The molecule has 0 N–H and O–H groups in total. The Kier molecular flexibility index (Phi) is 5.08. The van der Waals surface area contributed by atoms with Crippen molar-refractivity contribution in [3.05, 3.63) is 90.0 Å². The number of amides is 1. The average molecular weight is 409 g/mol. The summed E-state index contributed by atoms with van der Waals surface area (Å²) in [7, 11) is 0. The van der Waals surface area contributed by atoms with Crippen LogP contribution in [-0.2, 0) is 0 Å². The molecule has 3 aromatic carbocycles. The maximum Gasteiger partial charge on any atom is 0.253 e. The Bertz CT molecular complexity index is 1210. The Morgan fingerprint density at radius 1 is 0.742 bits per heavy atom. The normalized spacial score (nSPS) is 14.1. The van der Waals surface area contributed by atoms with Crippen molar-refractivity contribution in [1.29, 1.82) is 0 Å². The minimum absolute atomic E-state index is 0.0888. The molecule has 0 saturated carbocycles. The fourth-order valence-electron chi connectivity index (χ4n) is 4.13. The van der Waals surface area contributed by atoms with Gasteiger partial charge in [-0.25, -0.2) is 0 Å². The minimum atomic E-state index is 0.0888. The van der Waals surface area contributed by atoms with E-state index in [0.717, 1.165) is 46.5 Å². The standard InChI is InChI=1S/C26H24N4O/c1-19-11-13-20(14-12-19)24-22-9-5-6-10-23(22)25(28-27-24)29-15-17-30(18-16-29)26(31)21-7-3-2-4-8-21/h2-14H,15-18H2,1H3. The third kappa shape index (κ3) is 3.75. The predicted octanol–water partition coefficient (Wildman–Crippen LogP) is 4.57. The maximum atomic E-state index is 12.8. The lowest BCUT2D eigenvalue weighted by atomic mass is 10.0. The Hall–Kier alpha value is -3.73. The van der Waals surface area contributed by atoms with Crippen LogP contribution >= 0.6 is 0 Å². The topological polar surface area (TPSA) is 49.3 Å². The Morgan fingerprint density at radius 2 is 1.39 bits per heavy atom. The average Bonchev–Trinajstić information content (AvgIpc) is 2.84. The number of aromatic nitrogens is 2. The molecule has 1 aliphatic rings. The molecule has 1 fully saturated rings. The lowest BCUT2D eigenvalue weighted by Crippen LogP contribution is -2.49. The van der Waals surface area contributed by atoms with E-state index in [0.29, 0.717) is 13.1 Å². The van der Waals surface area contributed by atoms with Crippen LogP contribution in [0.4, 0.5) is 5.82 Å². The molecule has 0 aliphatic carbocycles. The van der Waals surface area contributed by atoms with Gasteiger partial charge in [0.25, 0.3) is 5.91 Å². The zero-order chi connectivity index (χ0) is 21.2. The number of carbonyl (C=O) groups excluding carboxylic acids is 1. The summed E-state index contributed by atoms with van der Waals surface area (Å²) in [4.78, 5) is 16.9. The quantitative estimate of drug-likeness (QED) is 0.498. The summed E-state index contributed by atoms with van der Waals surface area (Å²) in [6.07, 6.45) is 0. The first-order valence-electron chi connectivity index (χ1n) is 10.6. The molecule has 0 spiro atoms. The first-order chi connectivity index (χ1) is 15.2. The number of anilines is 1. The van der Waals surface area contributed by atoms with Crippen molar-refractivity contribution in [2.75, 3.05) is 31.1 Å². The molecule has 0 unspecified atom stereocenters. The number of benzene rings is 3. The molecule has 31 heavy (non-hydrogen) atoms. The van der Waals surface area contributed by atoms with E-state index in [1.54, 1.807) is 0 Å². The lowest BCUT2D eigenvalue weighted by molar-refractivity contribution is 0.0746. The van der Waals surface area contributed by atoms with E-state index < -0.39 is 0 Å². The molecule has 4 aromatic rings. The van der Waals surface area contributed by atoms with Gasteiger partial charge in [0.05, 0.1) is 0 Å². The summed E-state index contributed by atoms with van der Waals surface area (Å²) < 4.78 is 0. The van der Waals surface area contributed by atoms with Crippen LogP contribution in [0.5, 0.6) is 0 Å². The molecule has 2 heterocycles. The number of hydrogen-bond acceptors (Lipinski definition) is 4. The molecule has 5 nitrogen and oxygen atoms in total. The van der Waals surface area contributed by atoms with Gasteiger partial charge in [0.2, 0.25) is 0 Å². The van der Waals surface area contributed by atoms with Crippen LogP contribution in [0.1, 0.15) is 15.9 Å². The van der Waals surface area contributed by atoms with Gasteiger partial charge in [0.15, 0.2) is 5.82 Å². The van der Waals surface area contributed by atoms with E-state index in [9.17, 15) is 4.79 Å². The highest BCUT2D eigenvalue weighted by atomic mass is 16.2. The lowest BCUT2D eigenvalue weighted by Gasteiger charge is -2.35. The molecule has 1 aliphatic heterocycles. The van der Waals surface area contributed by atoms with Crippen LogP contribution in [0, 0.1) is 6.92 Å². The second kappa shape index (κ2) is 8.19. The number of aryl methyl sites for hydroxylation is 1. The SMILES string of the molecule is Cc1ccc(-c2nnc(N3CCN(C(=O)c4ccccc4)CC3)c3ccccc23)cc1. The predicted molar refractivity (Wildman–Crippen MR) is 124 cm³/mol. The molecule has 154 valence electrons. The van der Waals surface area contributed by atoms with Gasteiger partial charge in [-0.15, -0.1) is 10.2 Å². The number of rotatable bonds is 3. The van der Waals surface area contributed by atoms with Gasteiger partial charge in [0.1, 0.15) is 5.69 Å². The molecular weight excluding hydrogens is 384 g/mol. The maximum absolute atomic E-state index is 12.8. The number of carbonyl (C=O) groups is 1. The largest absolute Gasteiger partial charge is 0.351 e. The molecule has 0 bridgehead atoms. The number of hydrogen-bond donors (Lipinski definition) is 0. The number of nitrogens with zero attached hydrogens (tertiary/aromatic N) is 4. The molecule has 5 heteroatoms. The van der Waals surface area contributed by atoms with Crippen LogP contribution in [0.2, 0.25) is 0 Å². The van der Waals surface area contributed by atoms with Crippen LogP contribution in [0.15, 0.2) is 78.9 Å². The van der Waals surface area contributed by atoms with E-state index in [1.807, 2.05) is 47.4 Å². The van der Waals surface area contributed by atoms with Crippen LogP contribution in [-0.4, -0.2) is 47.2 Å². The summed E-state index contributed by atoms with van der Waals surface area (Å²) in [5, 5.41) is 11.4. The zero-order valence-electron chi connectivity index (χ0n) is 17.5. The number of fused-ring (bicyclic) bond motifs is 1. The second-order valence-corrected chi connectivity index (χ2v) is 7.93. The molecule has 1 amide bonds.